The number of aromatic hydroxyl groups is 1. The summed E-state index contributed by atoms with van der Waals surface area (Å²) in [6.45, 7) is 2.13. The molecule has 0 saturated heterocycles. The molecule has 0 aliphatic carbocycles. The molecule has 0 atom stereocenters. The Morgan fingerprint density at radius 2 is 2.22 bits per heavy atom. The topological polar surface area (TPSA) is 75.4 Å². The van der Waals surface area contributed by atoms with E-state index in [-0.39, 0.29) is 11.7 Å². The van der Waals surface area contributed by atoms with E-state index in [0.29, 0.717) is 24.3 Å². The molecule has 5 heteroatoms. The smallest absolute Gasteiger partial charge is 0.256 e. The molecule has 2 rings (SSSR count). The van der Waals surface area contributed by atoms with Crippen molar-refractivity contribution in [3.63, 3.8) is 0 Å². The Morgan fingerprint density at radius 1 is 1.44 bits per heavy atom. The van der Waals surface area contributed by atoms with Crippen molar-refractivity contribution in [3.05, 3.63) is 47.3 Å². The summed E-state index contributed by atoms with van der Waals surface area (Å²) in [5.41, 5.74) is 1.24. The molecule has 0 bridgehead atoms. The molecule has 1 aromatic carbocycles. The highest BCUT2D eigenvalue weighted by atomic mass is 16.5. The molecule has 1 amide bonds. The lowest BCUT2D eigenvalue weighted by Crippen LogP contribution is -2.25. The summed E-state index contributed by atoms with van der Waals surface area (Å²) < 4.78 is 4.82. The molecule has 0 fully saturated rings. The molecule has 0 radical (unpaired) electrons. The van der Waals surface area contributed by atoms with Gasteiger partial charge in [-0.15, -0.1) is 0 Å². The second-order valence-corrected chi connectivity index (χ2v) is 3.93. The number of amides is 1. The Labute approximate surface area is 104 Å². The van der Waals surface area contributed by atoms with E-state index in [1.54, 1.807) is 19.1 Å². The van der Waals surface area contributed by atoms with Gasteiger partial charge in [-0.2, -0.15) is 0 Å². The maximum Gasteiger partial charge on any atom is 0.256 e. The minimum absolute atomic E-state index is 0.218. The molecule has 0 aliphatic heterocycles. The molecule has 0 spiro atoms. The van der Waals surface area contributed by atoms with Crippen molar-refractivity contribution in [2.45, 2.75) is 13.3 Å². The molecule has 0 unspecified atom stereocenters. The van der Waals surface area contributed by atoms with E-state index in [4.69, 9.17) is 4.52 Å². The summed E-state index contributed by atoms with van der Waals surface area (Å²) in [5, 5.41) is 15.9. The highest BCUT2D eigenvalue weighted by Gasteiger charge is 2.12. The summed E-state index contributed by atoms with van der Waals surface area (Å²) in [5.74, 6) is 0.520. The van der Waals surface area contributed by atoms with Crippen LogP contribution in [0.5, 0.6) is 5.75 Å². The van der Waals surface area contributed by atoms with Gasteiger partial charge in [0.15, 0.2) is 0 Å². The van der Waals surface area contributed by atoms with Gasteiger partial charge < -0.3 is 14.9 Å². The number of nitrogens with zero attached hydrogens (tertiary/aromatic N) is 1. The summed E-state index contributed by atoms with van der Waals surface area (Å²) >= 11 is 0. The second-order valence-electron chi connectivity index (χ2n) is 3.93. The number of carbonyl (C=O) groups excluding carboxylic acids is 1. The van der Waals surface area contributed by atoms with Crippen molar-refractivity contribution in [2.24, 2.45) is 0 Å². The Kier molecular flexibility index (Phi) is 3.62. The lowest BCUT2D eigenvalue weighted by Gasteiger charge is -2.05. The van der Waals surface area contributed by atoms with Gasteiger partial charge in [0.2, 0.25) is 0 Å². The number of aromatic nitrogens is 1. The zero-order chi connectivity index (χ0) is 13.0. The number of phenols is 1. The van der Waals surface area contributed by atoms with Gasteiger partial charge in [0.1, 0.15) is 17.1 Å². The van der Waals surface area contributed by atoms with E-state index in [0.717, 1.165) is 5.56 Å². The lowest BCUT2D eigenvalue weighted by atomic mass is 10.1. The average molecular weight is 246 g/mol. The molecule has 1 aromatic heterocycles. The molecule has 18 heavy (non-hydrogen) atoms. The van der Waals surface area contributed by atoms with Crippen molar-refractivity contribution in [3.8, 4) is 5.75 Å². The number of aryl methyl sites for hydroxylation is 1. The molecule has 94 valence electrons. The Balaban J connectivity index is 1.88. The first-order valence-corrected chi connectivity index (χ1v) is 5.65. The Bertz CT molecular complexity index is 549. The molecule has 2 N–H and O–H groups in total. The van der Waals surface area contributed by atoms with Gasteiger partial charge in [0.05, 0.1) is 6.20 Å². The van der Waals surface area contributed by atoms with Crippen LogP contribution in [0.4, 0.5) is 0 Å². The third-order valence-electron chi connectivity index (χ3n) is 2.67. The predicted molar refractivity (Wildman–Crippen MR) is 65.4 cm³/mol. The van der Waals surface area contributed by atoms with Crippen LogP contribution in [-0.4, -0.2) is 22.7 Å². The maximum atomic E-state index is 11.7. The third-order valence-corrected chi connectivity index (χ3v) is 2.67. The summed E-state index contributed by atoms with van der Waals surface area (Å²) in [6, 6.07) is 7.06. The lowest BCUT2D eigenvalue weighted by molar-refractivity contribution is 0.0952. The van der Waals surface area contributed by atoms with Crippen LogP contribution in [-0.2, 0) is 6.42 Å². The SMILES string of the molecule is Cc1oncc1C(=O)NCCc1ccccc1O. The zero-order valence-electron chi connectivity index (χ0n) is 10.0. The fraction of sp³-hybridized carbons (Fsp3) is 0.231. The Hall–Kier alpha value is -2.30. The van der Waals surface area contributed by atoms with E-state index >= 15 is 0 Å². The number of phenolic OH excluding ortho intramolecular Hbond substituents is 1. The molecule has 5 nitrogen and oxygen atoms in total. The molecule has 0 saturated carbocycles. The van der Waals surface area contributed by atoms with Crippen molar-refractivity contribution in [2.75, 3.05) is 6.54 Å². The van der Waals surface area contributed by atoms with E-state index in [1.165, 1.54) is 6.20 Å². The van der Waals surface area contributed by atoms with Crippen LogP contribution in [0.2, 0.25) is 0 Å². The van der Waals surface area contributed by atoms with E-state index in [1.807, 2.05) is 12.1 Å². The fourth-order valence-electron chi connectivity index (χ4n) is 1.64. The second kappa shape index (κ2) is 5.35. The highest BCUT2D eigenvalue weighted by molar-refractivity contribution is 5.94. The van der Waals surface area contributed by atoms with E-state index < -0.39 is 0 Å². The van der Waals surface area contributed by atoms with Gasteiger partial charge in [-0.05, 0) is 25.0 Å². The third kappa shape index (κ3) is 2.68. The van der Waals surface area contributed by atoms with Crippen molar-refractivity contribution in [1.82, 2.24) is 10.5 Å². The van der Waals surface area contributed by atoms with Crippen LogP contribution in [0.3, 0.4) is 0 Å². The number of hydrogen-bond donors (Lipinski definition) is 2. The number of rotatable bonds is 4. The Morgan fingerprint density at radius 3 is 2.89 bits per heavy atom. The summed E-state index contributed by atoms with van der Waals surface area (Å²) in [6.07, 6.45) is 1.97. The van der Waals surface area contributed by atoms with Crippen LogP contribution in [0.15, 0.2) is 35.0 Å². The zero-order valence-corrected chi connectivity index (χ0v) is 10.0. The number of hydrogen-bond acceptors (Lipinski definition) is 4. The van der Waals surface area contributed by atoms with Crippen molar-refractivity contribution < 1.29 is 14.4 Å². The number of carbonyl (C=O) groups is 1. The average Bonchev–Trinajstić information content (AvgIpc) is 2.78. The van der Waals surface area contributed by atoms with E-state index in [2.05, 4.69) is 10.5 Å². The van der Waals surface area contributed by atoms with Gasteiger partial charge in [-0.1, -0.05) is 23.4 Å². The quantitative estimate of drug-likeness (QED) is 0.860. The number of benzene rings is 1. The summed E-state index contributed by atoms with van der Waals surface area (Å²) in [4.78, 5) is 11.7. The molecular weight excluding hydrogens is 232 g/mol. The van der Waals surface area contributed by atoms with Gasteiger partial charge in [-0.25, -0.2) is 0 Å². The van der Waals surface area contributed by atoms with Crippen LogP contribution in [0.1, 0.15) is 21.7 Å². The maximum absolute atomic E-state index is 11.7. The normalized spacial score (nSPS) is 10.3. The van der Waals surface area contributed by atoms with Crippen LogP contribution in [0.25, 0.3) is 0 Å². The van der Waals surface area contributed by atoms with Gasteiger partial charge in [0, 0.05) is 6.54 Å². The van der Waals surface area contributed by atoms with Crippen molar-refractivity contribution in [1.29, 1.82) is 0 Å². The first kappa shape index (κ1) is 12.2. The van der Waals surface area contributed by atoms with Gasteiger partial charge in [0.25, 0.3) is 5.91 Å². The summed E-state index contributed by atoms with van der Waals surface area (Å²) in [7, 11) is 0. The first-order chi connectivity index (χ1) is 8.68. The van der Waals surface area contributed by atoms with Crippen LogP contribution < -0.4 is 5.32 Å². The molecular formula is C13H14N2O3. The monoisotopic (exact) mass is 246 g/mol. The minimum Gasteiger partial charge on any atom is -0.508 e. The number of para-hydroxylation sites is 1. The predicted octanol–water partition coefficient (Wildman–Crippen LogP) is 1.66. The largest absolute Gasteiger partial charge is 0.508 e. The van der Waals surface area contributed by atoms with Crippen molar-refractivity contribution >= 4 is 5.91 Å². The number of nitrogens with one attached hydrogen (secondary N) is 1. The molecule has 2 aromatic rings. The van der Waals surface area contributed by atoms with Crippen LogP contribution >= 0.6 is 0 Å². The first-order valence-electron chi connectivity index (χ1n) is 5.65. The highest BCUT2D eigenvalue weighted by Crippen LogP contribution is 2.15. The van der Waals surface area contributed by atoms with Gasteiger partial charge >= 0.3 is 0 Å². The molecule has 0 aliphatic rings. The van der Waals surface area contributed by atoms with Crippen LogP contribution in [0, 0.1) is 6.92 Å². The minimum atomic E-state index is -0.218. The molecule has 1 heterocycles. The van der Waals surface area contributed by atoms with E-state index in [9.17, 15) is 9.90 Å². The standard InChI is InChI=1S/C13H14N2O3/c1-9-11(8-15-18-9)13(17)14-7-6-10-4-2-3-5-12(10)16/h2-5,8,16H,6-7H2,1H3,(H,14,17). The van der Waals surface area contributed by atoms with Gasteiger partial charge in [-0.3, -0.25) is 4.79 Å². The fourth-order valence-corrected chi connectivity index (χ4v) is 1.64.